The van der Waals surface area contributed by atoms with Crippen molar-refractivity contribution in [2.24, 2.45) is 0 Å². The normalized spacial score (nSPS) is 10.3. The lowest BCUT2D eigenvalue weighted by atomic mass is 10.2. The predicted molar refractivity (Wildman–Crippen MR) is 73.8 cm³/mol. The number of benzene rings is 1. The summed E-state index contributed by atoms with van der Waals surface area (Å²) in [7, 11) is 1.56. The van der Waals surface area contributed by atoms with Crippen LogP contribution in [0.3, 0.4) is 0 Å². The number of aromatic nitrogens is 2. The van der Waals surface area contributed by atoms with E-state index in [9.17, 15) is 14.0 Å². The third-order valence-corrected chi connectivity index (χ3v) is 3.08. The second-order valence-electron chi connectivity index (χ2n) is 4.56. The highest BCUT2D eigenvalue weighted by atomic mass is 19.1. The van der Waals surface area contributed by atoms with Gasteiger partial charge in [-0.05, 0) is 12.1 Å². The lowest BCUT2D eigenvalue weighted by Crippen LogP contribution is -2.34. The highest BCUT2D eigenvalue weighted by Crippen LogP contribution is 2.08. The van der Waals surface area contributed by atoms with Crippen LogP contribution >= 0.6 is 0 Å². The fourth-order valence-corrected chi connectivity index (χ4v) is 1.85. The molecule has 0 unspecified atom stereocenters. The molecular formula is C14H13FN4O2. The maximum Gasteiger partial charge on any atom is 0.261 e. The van der Waals surface area contributed by atoms with E-state index in [1.807, 2.05) is 6.07 Å². The molecule has 0 fully saturated rings. The third-order valence-electron chi connectivity index (χ3n) is 3.08. The number of hydrogen-bond donors (Lipinski definition) is 0. The van der Waals surface area contributed by atoms with E-state index in [-0.39, 0.29) is 29.8 Å². The second kappa shape index (κ2) is 6.13. The highest BCUT2D eigenvalue weighted by Gasteiger charge is 2.12. The van der Waals surface area contributed by atoms with Gasteiger partial charge < -0.3 is 4.90 Å². The quantitative estimate of drug-likeness (QED) is 0.837. The van der Waals surface area contributed by atoms with Crippen molar-refractivity contribution < 1.29 is 9.18 Å². The topological polar surface area (TPSA) is 79.0 Å². The number of carbonyl (C=O) groups is 1. The van der Waals surface area contributed by atoms with Gasteiger partial charge in [-0.15, -0.1) is 0 Å². The van der Waals surface area contributed by atoms with Gasteiger partial charge in [-0.25, -0.2) is 9.37 Å². The molecule has 108 valence electrons. The van der Waals surface area contributed by atoms with Crippen LogP contribution in [0.2, 0.25) is 0 Å². The van der Waals surface area contributed by atoms with Gasteiger partial charge in [-0.1, -0.05) is 0 Å². The standard InChI is InChI=1S/C14H13FN4O2/c1-18(6-2-5-16)13(20)8-19-9-17-12-7-10(15)3-4-11(12)14(19)21/h3-4,7,9H,2,6,8H2,1H3. The number of fused-ring (bicyclic) bond motifs is 1. The van der Waals surface area contributed by atoms with E-state index in [4.69, 9.17) is 5.26 Å². The molecule has 0 N–H and O–H groups in total. The van der Waals surface area contributed by atoms with E-state index < -0.39 is 11.4 Å². The van der Waals surface area contributed by atoms with Gasteiger partial charge >= 0.3 is 0 Å². The summed E-state index contributed by atoms with van der Waals surface area (Å²) >= 11 is 0. The molecule has 0 aliphatic carbocycles. The van der Waals surface area contributed by atoms with Crippen molar-refractivity contribution in [3.05, 3.63) is 40.7 Å². The first-order chi connectivity index (χ1) is 10.0. The number of rotatable bonds is 4. The van der Waals surface area contributed by atoms with Crippen molar-refractivity contribution in [2.45, 2.75) is 13.0 Å². The predicted octanol–water partition coefficient (Wildman–Crippen LogP) is 0.908. The van der Waals surface area contributed by atoms with Gasteiger partial charge in [-0.3, -0.25) is 14.2 Å². The molecule has 0 aliphatic heterocycles. The third kappa shape index (κ3) is 3.23. The fraction of sp³-hybridized carbons (Fsp3) is 0.286. The Morgan fingerprint density at radius 3 is 3.00 bits per heavy atom. The van der Waals surface area contributed by atoms with Gasteiger partial charge in [0.25, 0.3) is 5.56 Å². The summed E-state index contributed by atoms with van der Waals surface area (Å²) in [4.78, 5) is 29.5. The Morgan fingerprint density at radius 1 is 1.52 bits per heavy atom. The Kier molecular flexibility index (Phi) is 4.28. The van der Waals surface area contributed by atoms with Gasteiger partial charge in [0.2, 0.25) is 5.91 Å². The Labute approximate surface area is 120 Å². The molecule has 0 spiro atoms. The van der Waals surface area contributed by atoms with Gasteiger partial charge in [0.15, 0.2) is 0 Å². The molecule has 2 rings (SSSR count). The Hall–Kier alpha value is -2.75. The van der Waals surface area contributed by atoms with Crippen LogP contribution in [-0.4, -0.2) is 34.0 Å². The van der Waals surface area contributed by atoms with Crippen molar-refractivity contribution in [3.63, 3.8) is 0 Å². The van der Waals surface area contributed by atoms with Crippen molar-refractivity contribution >= 4 is 16.8 Å². The van der Waals surface area contributed by atoms with E-state index in [1.54, 1.807) is 7.05 Å². The molecule has 1 aromatic heterocycles. The summed E-state index contributed by atoms with van der Waals surface area (Å²) in [6, 6.07) is 5.64. The molecule has 1 aromatic carbocycles. The summed E-state index contributed by atoms with van der Waals surface area (Å²) in [5, 5.41) is 8.74. The molecule has 2 aromatic rings. The van der Waals surface area contributed by atoms with Crippen LogP contribution in [0.4, 0.5) is 4.39 Å². The lowest BCUT2D eigenvalue weighted by molar-refractivity contribution is -0.130. The maximum absolute atomic E-state index is 13.1. The van der Waals surface area contributed by atoms with Crippen LogP contribution in [0.5, 0.6) is 0 Å². The first-order valence-electron chi connectivity index (χ1n) is 6.28. The smallest absolute Gasteiger partial charge is 0.261 e. The van der Waals surface area contributed by atoms with Gasteiger partial charge in [0.05, 0.1) is 29.7 Å². The number of nitrogens with zero attached hydrogens (tertiary/aromatic N) is 4. The molecule has 0 aliphatic rings. The van der Waals surface area contributed by atoms with Crippen molar-refractivity contribution in [2.75, 3.05) is 13.6 Å². The first kappa shape index (κ1) is 14.7. The molecule has 21 heavy (non-hydrogen) atoms. The molecule has 0 atom stereocenters. The second-order valence-corrected chi connectivity index (χ2v) is 4.56. The highest BCUT2D eigenvalue weighted by molar-refractivity contribution is 5.78. The molecule has 0 saturated heterocycles. The summed E-state index contributed by atoms with van der Waals surface area (Å²) < 4.78 is 14.2. The molecule has 7 heteroatoms. The van der Waals surface area contributed by atoms with Crippen LogP contribution in [-0.2, 0) is 11.3 Å². The van der Waals surface area contributed by atoms with E-state index in [2.05, 4.69) is 4.98 Å². The molecular weight excluding hydrogens is 275 g/mol. The van der Waals surface area contributed by atoms with Crippen molar-refractivity contribution in [3.8, 4) is 6.07 Å². The SMILES string of the molecule is CN(CCC#N)C(=O)Cn1cnc2cc(F)ccc2c1=O. The number of amides is 1. The summed E-state index contributed by atoms with van der Waals surface area (Å²) in [6.45, 7) is 0.136. The zero-order valence-electron chi connectivity index (χ0n) is 11.4. The molecule has 1 amide bonds. The molecule has 0 bridgehead atoms. The number of hydrogen-bond acceptors (Lipinski definition) is 4. The number of halogens is 1. The van der Waals surface area contributed by atoms with Crippen LogP contribution in [0, 0.1) is 17.1 Å². The average molecular weight is 288 g/mol. The molecule has 0 saturated carbocycles. The minimum Gasteiger partial charge on any atom is -0.343 e. The van der Waals surface area contributed by atoms with Gasteiger partial charge in [0.1, 0.15) is 12.4 Å². The van der Waals surface area contributed by atoms with Crippen LogP contribution in [0.1, 0.15) is 6.42 Å². The average Bonchev–Trinajstić information content (AvgIpc) is 2.47. The van der Waals surface area contributed by atoms with E-state index >= 15 is 0 Å². The van der Waals surface area contributed by atoms with E-state index in [0.717, 1.165) is 0 Å². The van der Waals surface area contributed by atoms with Gasteiger partial charge in [-0.2, -0.15) is 5.26 Å². The fourth-order valence-electron chi connectivity index (χ4n) is 1.85. The van der Waals surface area contributed by atoms with Crippen molar-refractivity contribution in [1.29, 1.82) is 5.26 Å². The molecule has 1 heterocycles. The molecule has 6 nitrogen and oxygen atoms in total. The van der Waals surface area contributed by atoms with Gasteiger partial charge in [0, 0.05) is 19.7 Å². The Bertz CT molecular complexity index is 779. The van der Waals surface area contributed by atoms with E-state index in [0.29, 0.717) is 6.54 Å². The van der Waals surface area contributed by atoms with Crippen LogP contribution < -0.4 is 5.56 Å². The monoisotopic (exact) mass is 288 g/mol. The number of likely N-dealkylation sites (N-methyl/N-ethyl adjacent to an activating group) is 1. The van der Waals surface area contributed by atoms with Crippen LogP contribution in [0.15, 0.2) is 29.3 Å². The van der Waals surface area contributed by atoms with Crippen LogP contribution in [0.25, 0.3) is 10.9 Å². The molecule has 0 radical (unpaired) electrons. The zero-order valence-corrected chi connectivity index (χ0v) is 11.4. The number of carbonyl (C=O) groups excluding carboxylic acids is 1. The summed E-state index contributed by atoms with van der Waals surface area (Å²) in [6.07, 6.45) is 1.45. The Balaban J connectivity index is 2.26. The summed E-state index contributed by atoms with van der Waals surface area (Å²) in [5.74, 6) is -0.768. The van der Waals surface area contributed by atoms with Crippen molar-refractivity contribution in [1.82, 2.24) is 14.5 Å². The first-order valence-corrected chi connectivity index (χ1v) is 6.28. The minimum absolute atomic E-state index is 0.166. The minimum atomic E-state index is -0.473. The summed E-state index contributed by atoms with van der Waals surface area (Å²) in [5.41, 5.74) is -0.149. The van der Waals surface area contributed by atoms with E-state index in [1.165, 1.54) is 34.0 Å². The Morgan fingerprint density at radius 2 is 2.29 bits per heavy atom. The lowest BCUT2D eigenvalue weighted by Gasteiger charge is -2.16. The largest absolute Gasteiger partial charge is 0.343 e. The zero-order chi connectivity index (χ0) is 15.4. The maximum atomic E-state index is 13.1. The number of nitriles is 1.